The number of ether oxygens (including phenoxy) is 1. The molecule has 0 amide bonds. The number of carbonyl (C=O) groups excluding carboxylic acids is 2. The number of Topliss-reactive ketones (excluding diaryl/α,β-unsaturated/α-hetero) is 1. The van der Waals surface area contributed by atoms with E-state index in [1.54, 1.807) is 6.07 Å². The third kappa shape index (κ3) is 3.50. The Kier molecular flexibility index (Phi) is 4.52. The van der Waals surface area contributed by atoms with Gasteiger partial charge >= 0.3 is 5.97 Å². The van der Waals surface area contributed by atoms with E-state index in [1.165, 1.54) is 41.9 Å². The van der Waals surface area contributed by atoms with Crippen LogP contribution in [0.15, 0.2) is 42.5 Å². The third-order valence-electron chi connectivity index (χ3n) is 5.17. The van der Waals surface area contributed by atoms with E-state index in [0.29, 0.717) is 17.0 Å². The molecule has 0 saturated carbocycles. The highest BCUT2D eigenvalue weighted by atomic mass is 19.1. The molecular formula is C22H20FNO3. The molecule has 5 heteroatoms. The van der Waals surface area contributed by atoms with Gasteiger partial charge in [-0.2, -0.15) is 0 Å². The number of nitrogens with one attached hydrogen (secondary N) is 1. The maximum atomic E-state index is 12.9. The second-order valence-electron chi connectivity index (χ2n) is 7.20. The van der Waals surface area contributed by atoms with Crippen LogP contribution in [0.5, 0.6) is 0 Å². The van der Waals surface area contributed by atoms with Crippen LogP contribution in [-0.2, 0) is 17.6 Å². The van der Waals surface area contributed by atoms with Gasteiger partial charge in [0.15, 0.2) is 12.4 Å². The second-order valence-corrected chi connectivity index (χ2v) is 7.20. The lowest BCUT2D eigenvalue weighted by molar-refractivity contribution is 0.0475. The molecule has 1 aliphatic rings. The summed E-state index contributed by atoms with van der Waals surface area (Å²) in [6.07, 6.45) is 3.19. The zero-order valence-corrected chi connectivity index (χ0v) is 15.0. The quantitative estimate of drug-likeness (QED) is 0.548. The Bertz CT molecular complexity index is 1020. The molecule has 0 spiro atoms. The fourth-order valence-corrected chi connectivity index (χ4v) is 3.65. The van der Waals surface area contributed by atoms with E-state index >= 15 is 0 Å². The Labute approximate surface area is 156 Å². The molecule has 1 N–H and O–H groups in total. The first kappa shape index (κ1) is 17.5. The first-order chi connectivity index (χ1) is 13.0. The summed E-state index contributed by atoms with van der Waals surface area (Å²) in [5.74, 6) is -0.690. The van der Waals surface area contributed by atoms with Crippen molar-refractivity contribution in [2.75, 3.05) is 6.61 Å². The van der Waals surface area contributed by atoms with E-state index in [0.717, 1.165) is 23.7 Å². The molecule has 4 nitrogen and oxygen atoms in total. The molecule has 1 heterocycles. The first-order valence-corrected chi connectivity index (χ1v) is 9.10. The summed E-state index contributed by atoms with van der Waals surface area (Å²) in [6.45, 7) is 1.87. The van der Waals surface area contributed by atoms with Gasteiger partial charge in [0, 0.05) is 22.2 Å². The van der Waals surface area contributed by atoms with Crippen molar-refractivity contribution in [1.29, 1.82) is 0 Å². The standard InChI is InChI=1S/C22H20FNO3/c1-13-2-8-19-17(10-13)18-11-15(5-9-20(18)24-19)22(26)27-12-21(25)14-3-6-16(23)7-4-14/h3-7,9,11,13,24H,2,8,10,12H2,1H3/t13-/m1/s1. The highest BCUT2D eigenvalue weighted by molar-refractivity contribution is 6.00. The molecule has 0 saturated heterocycles. The highest BCUT2D eigenvalue weighted by Crippen LogP contribution is 2.32. The predicted octanol–water partition coefficient (Wildman–Crippen LogP) is 4.47. The molecule has 4 rings (SSSR count). The van der Waals surface area contributed by atoms with E-state index in [-0.39, 0.29) is 12.4 Å². The molecule has 27 heavy (non-hydrogen) atoms. The largest absolute Gasteiger partial charge is 0.454 e. The van der Waals surface area contributed by atoms with Gasteiger partial charge in [-0.15, -0.1) is 0 Å². The van der Waals surface area contributed by atoms with Gasteiger partial charge in [0.25, 0.3) is 0 Å². The first-order valence-electron chi connectivity index (χ1n) is 9.10. The smallest absolute Gasteiger partial charge is 0.338 e. The number of carbonyl (C=O) groups is 2. The van der Waals surface area contributed by atoms with Gasteiger partial charge in [0.2, 0.25) is 0 Å². The topological polar surface area (TPSA) is 59.2 Å². The van der Waals surface area contributed by atoms with Crippen LogP contribution in [0.1, 0.15) is 45.3 Å². The van der Waals surface area contributed by atoms with Crippen LogP contribution < -0.4 is 0 Å². The van der Waals surface area contributed by atoms with Crippen molar-refractivity contribution in [1.82, 2.24) is 4.98 Å². The molecule has 0 bridgehead atoms. The van der Waals surface area contributed by atoms with Crippen LogP contribution in [-0.4, -0.2) is 23.3 Å². The van der Waals surface area contributed by atoms with Gasteiger partial charge in [-0.1, -0.05) is 6.92 Å². The number of hydrogen-bond donors (Lipinski definition) is 1. The molecule has 0 radical (unpaired) electrons. The normalized spacial score (nSPS) is 16.1. The van der Waals surface area contributed by atoms with E-state index in [4.69, 9.17) is 4.74 Å². The van der Waals surface area contributed by atoms with Gasteiger partial charge in [0.1, 0.15) is 5.82 Å². The third-order valence-corrected chi connectivity index (χ3v) is 5.17. The number of aryl methyl sites for hydroxylation is 1. The number of rotatable bonds is 4. The molecule has 1 aromatic heterocycles. The average Bonchev–Trinajstić information content (AvgIpc) is 3.03. The van der Waals surface area contributed by atoms with Gasteiger partial charge in [-0.3, -0.25) is 4.79 Å². The monoisotopic (exact) mass is 365 g/mol. The number of hydrogen-bond acceptors (Lipinski definition) is 3. The summed E-state index contributed by atoms with van der Waals surface area (Å²) in [6, 6.07) is 10.6. The lowest BCUT2D eigenvalue weighted by Gasteiger charge is -2.18. The molecule has 0 aliphatic heterocycles. The fraction of sp³-hybridized carbons (Fsp3) is 0.273. The maximum Gasteiger partial charge on any atom is 0.338 e. The summed E-state index contributed by atoms with van der Waals surface area (Å²) in [5, 5.41) is 1.05. The lowest BCUT2D eigenvalue weighted by atomic mass is 9.87. The molecule has 138 valence electrons. The number of benzene rings is 2. The van der Waals surface area contributed by atoms with Crippen molar-refractivity contribution < 1.29 is 18.7 Å². The summed E-state index contributed by atoms with van der Waals surface area (Å²) in [4.78, 5) is 27.9. The van der Waals surface area contributed by atoms with Crippen molar-refractivity contribution in [2.45, 2.75) is 26.2 Å². The molecule has 3 aromatic rings. The van der Waals surface area contributed by atoms with E-state index < -0.39 is 11.8 Å². The number of fused-ring (bicyclic) bond motifs is 3. The Morgan fingerprint density at radius 3 is 2.67 bits per heavy atom. The van der Waals surface area contributed by atoms with Crippen molar-refractivity contribution in [2.24, 2.45) is 5.92 Å². The minimum atomic E-state index is -0.536. The van der Waals surface area contributed by atoms with Crippen molar-refractivity contribution in [3.8, 4) is 0 Å². The van der Waals surface area contributed by atoms with Gasteiger partial charge < -0.3 is 9.72 Å². The van der Waals surface area contributed by atoms with E-state index in [2.05, 4.69) is 11.9 Å². The molecule has 1 atom stereocenters. The average molecular weight is 365 g/mol. The maximum absolute atomic E-state index is 12.9. The Morgan fingerprint density at radius 2 is 1.89 bits per heavy atom. The van der Waals surface area contributed by atoms with Crippen LogP contribution in [0.2, 0.25) is 0 Å². The Balaban J connectivity index is 1.50. The van der Waals surface area contributed by atoms with Crippen molar-refractivity contribution in [3.05, 3.63) is 70.7 Å². The number of H-pyrrole nitrogens is 1. The molecule has 2 aromatic carbocycles. The zero-order valence-electron chi connectivity index (χ0n) is 15.0. The lowest BCUT2D eigenvalue weighted by Crippen LogP contribution is -2.14. The molecule has 0 unspecified atom stereocenters. The summed E-state index contributed by atoms with van der Waals surface area (Å²) in [7, 11) is 0. The molecule has 0 fully saturated rings. The van der Waals surface area contributed by atoms with Crippen LogP contribution in [0.4, 0.5) is 4.39 Å². The van der Waals surface area contributed by atoms with Crippen LogP contribution in [0.3, 0.4) is 0 Å². The van der Waals surface area contributed by atoms with E-state index in [9.17, 15) is 14.0 Å². The van der Waals surface area contributed by atoms with Gasteiger partial charge in [-0.25, -0.2) is 9.18 Å². The number of aromatic nitrogens is 1. The van der Waals surface area contributed by atoms with E-state index in [1.807, 2.05) is 12.1 Å². The van der Waals surface area contributed by atoms with Crippen molar-refractivity contribution in [3.63, 3.8) is 0 Å². The minimum Gasteiger partial charge on any atom is -0.454 e. The van der Waals surface area contributed by atoms with Crippen LogP contribution in [0.25, 0.3) is 10.9 Å². The number of aromatic amines is 1. The second kappa shape index (κ2) is 6.99. The van der Waals surface area contributed by atoms with Gasteiger partial charge in [-0.05, 0) is 73.2 Å². The van der Waals surface area contributed by atoms with Crippen LogP contribution >= 0.6 is 0 Å². The van der Waals surface area contributed by atoms with Crippen LogP contribution in [0, 0.1) is 11.7 Å². The van der Waals surface area contributed by atoms with Gasteiger partial charge in [0.05, 0.1) is 5.56 Å². The van der Waals surface area contributed by atoms with Crippen molar-refractivity contribution >= 4 is 22.7 Å². The number of esters is 1. The highest BCUT2D eigenvalue weighted by Gasteiger charge is 2.21. The summed E-state index contributed by atoms with van der Waals surface area (Å²) >= 11 is 0. The molecular weight excluding hydrogens is 345 g/mol. The number of halogens is 1. The number of ketones is 1. The molecule has 1 aliphatic carbocycles. The zero-order chi connectivity index (χ0) is 19.0. The fourth-order valence-electron chi connectivity index (χ4n) is 3.65. The predicted molar refractivity (Wildman–Crippen MR) is 101 cm³/mol. The Morgan fingerprint density at radius 1 is 1.15 bits per heavy atom. The Hall–Kier alpha value is -2.95. The SMILES string of the molecule is C[C@@H]1CCc2[nH]c3ccc(C(=O)OCC(=O)c4ccc(F)cc4)cc3c2C1. The summed E-state index contributed by atoms with van der Waals surface area (Å²) < 4.78 is 18.1. The minimum absolute atomic E-state index is 0.313. The summed E-state index contributed by atoms with van der Waals surface area (Å²) in [5.41, 5.74) is 4.29.